The van der Waals surface area contributed by atoms with E-state index in [1.807, 2.05) is 0 Å². The number of nitrogens with zero attached hydrogens (tertiary/aromatic N) is 1. The molecule has 3 N–H and O–H groups in total. The summed E-state index contributed by atoms with van der Waals surface area (Å²) in [5.41, 5.74) is 8.03. The first-order chi connectivity index (χ1) is 10.00. The number of primary amides is 1. The molecule has 1 aliphatic heterocycles. The van der Waals surface area contributed by atoms with Crippen molar-refractivity contribution in [1.29, 1.82) is 0 Å². The minimum atomic E-state index is -0.520. The highest BCUT2D eigenvalue weighted by Crippen LogP contribution is 2.37. The monoisotopic (exact) mass is 287 g/mol. The van der Waals surface area contributed by atoms with Crippen LogP contribution >= 0.6 is 0 Å². The quantitative estimate of drug-likeness (QED) is 0.887. The first-order valence-corrected chi connectivity index (χ1v) is 7.88. The molecule has 0 aromatic heterocycles. The highest BCUT2D eigenvalue weighted by molar-refractivity contribution is 5.85. The second kappa shape index (κ2) is 5.43. The molecule has 4 heteroatoms. The second-order valence-electron chi connectivity index (χ2n) is 6.82. The highest BCUT2D eigenvalue weighted by Gasteiger charge is 2.46. The van der Waals surface area contributed by atoms with Gasteiger partial charge in [-0.1, -0.05) is 24.3 Å². The third kappa shape index (κ3) is 2.70. The number of benzene rings is 1. The molecule has 1 aromatic rings. The van der Waals surface area contributed by atoms with Crippen molar-refractivity contribution in [3.05, 3.63) is 35.4 Å². The smallest absolute Gasteiger partial charge is 0.237 e. The Kier molecular flexibility index (Phi) is 3.76. The van der Waals surface area contributed by atoms with E-state index in [4.69, 9.17) is 5.73 Å². The first-order valence-electron chi connectivity index (χ1n) is 7.88. The minimum Gasteiger partial charge on any atom is -0.368 e. The highest BCUT2D eigenvalue weighted by atomic mass is 16.1. The zero-order valence-corrected chi connectivity index (χ0v) is 12.9. The van der Waals surface area contributed by atoms with Gasteiger partial charge in [0, 0.05) is 25.2 Å². The maximum atomic E-state index is 12.0. The molecule has 1 heterocycles. The lowest BCUT2D eigenvalue weighted by Gasteiger charge is -2.31. The molecule has 2 atom stereocenters. The summed E-state index contributed by atoms with van der Waals surface area (Å²) in [5, 5.41) is 3.43. The van der Waals surface area contributed by atoms with Crippen molar-refractivity contribution in [2.24, 2.45) is 5.73 Å². The zero-order valence-electron chi connectivity index (χ0n) is 12.9. The Bertz CT molecular complexity index is 518. The maximum Gasteiger partial charge on any atom is 0.237 e. The van der Waals surface area contributed by atoms with Crippen LogP contribution in [0.3, 0.4) is 0 Å². The van der Waals surface area contributed by atoms with Crippen LogP contribution in [-0.4, -0.2) is 28.4 Å². The van der Waals surface area contributed by atoms with E-state index in [0.29, 0.717) is 6.04 Å². The van der Waals surface area contributed by atoms with Gasteiger partial charge in [-0.05, 0) is 44.2 Å². The number of hydrogen-bond donors (Lipinski definition) is 2. The Labute approximate surface area is 126 Å². The van der Waals surface area contributed by atoms with Gasteiger partial charge in [0.2, 0.25) is 5.91 Å². The summed E-state index contributed by atoms with van der Waals surface area (Å²) in [6.07, 6.45) is 2.71. The molecule has 3 rings (SSSR count). The molecule has 1 fully saturated rings. The van der Waals surface area contributed by atoms with E-state index in [2.05, 4.69) is 48.3 Å². The number of rotatable bonds is 4. The second-order valence-corrected chi connectivity index (χ2v) is 6.82. The lowest BCUT2D eigenvalue weighted by atomic mass is 9.95. The average Bonchev–Trinajstić information content (AvgIpc) is 3.02. The molecule has 1 saturated carbocycles. The summed E-state index contributed by atoms with van der Waals surface area (Å²) in [7, 11) is 0. The number of carbonyl (C=O) groups is 1. The van der Waals surface area contributed by atoms with Crippen LogP contribution in [-0.2, 0) is 17.9 Å². The predicted molar refractivity (Wildman–Crippen MR) is 83.5 cm³/mol. The van der Waals surface area contributed by atoms with E-state index in [1.54, 1.807) is 0 Å². The molecule has 4 nitrogen and oxygen atoms in total. The van der Waals surface area contributed by atoms with Gasteiger partial charge >= 0.3 is 0 Å². The van der Waals surface area contributed by atoms with Crippen LogP contribution in [0.15, 0.2) is 24.3 Å². The summed E-state index contributed by atoms with van der Waals surface area (Å²) < 4.78 is 0. The van der Waals surface area contributed by atoms with Crippen molar-refractivity contribution in [3.8, 4) is 0 Å². The lowest BCUT2D eigenvalue weighted by Crippen LogP contribution is -2.56. The van der Waals surface area contributed by atoms with Crippen molar-refractivity contribution in [3.63, 3.8) is 0 Å². The van der Waals surface area contributed by atoms with Crippen molar-refractivity contribution >= 4 is 5.91 Å². The van der Waals surface area contributed by atoms with E-state index >= 15 is 0 Å². The Morgan fingerprint density at radius 2 is 1.95 bits per heavy atom. The van der Waals surface area contributed by atoms with Gasteiger partial charge in [-0.25, -0.2) is 0 Å². The number of amides is 1. The number of nitrogens with two attached hydrogens (primary N) is 1. The molecule has 0 saturated heterocycles. The van der Waals surface area contributed by atoms with Crippen LogP contribution in [0.25, 0.3) is 0 Å². The van der Waals surface area contributed by atoms with Gasteiger partial charge in [0.1, 0.15) is 0 Å². The standard InChI is InChI=1S/C17H25N3O/c1-12(2)19-17(16(18)21)8-7-15(9-17)20-10-13-5-3-4-6-14(13)11-20/h3-6,12,15,19H,7-11H2,1-2H3,(H2,18,21). The average molecular weight is 287 g/mol. The van der Waals surface area contributed by atoms with E-state index in [1.165, 1.54) is 11.1 Å². The van der Waals surface area contributed by atoms with Crippen LogP contribution in [0, 0.1) is 0 Å². The fourth-order valence-corrected chi connectivity index (χ4v) is 3.93. The normalized spacial score (nSPS) is 29.0. The summed E-state index contributed by atoms with van der Waals surface area (Å²) in [5.74, 6) is -0.199. The summed E-state index contributed by atoms with van der Waals surface area (Å²) in [6, 6.07) is 9.33. The summed E-state index contributed by atoms with van der Waals surface area (Å²) >= 11 is 0. The predicted octanol–water partition coefficient (Wildman–Crippen LogP) is 1.78. The van der Waals surface area contributed by atoms with Gasteiger partial charge in [0.25, 0.3) is 0 Å². The van der Waals surface area contributed by atoms with Crippen molar-refractivity contribution in [2.75, 3.05) is 0 Å². The van der Waals surface area contributed by atoms with Crippen LogP contribution in [0.5, 0.6) is 0 Å². The van der Waals surface area contributed by atoms with E-state index in [9.17, 15) is 4.79 Å². The van der Waals surface area contributed by atoms with Gasteiger partial charge in [-0.15, -0.1) is 0 Å². The Balaban J connectivity index is 1.71. The fourth-order valence-electron chi connectivity index (χ4n) is 3.93. The fraction of sp³-hybridized carbons (Fsp3) is 0.588. The van der Waals surface area contributed by atoms with Gasteiger partial charge in [-0.3, -0.25) is 9.69 Å². The number of carbonyl (C=O) groups excluding carboxylic acids is 1. The first kappa shape index (κ1) is 14.5. The van der Waals surface area contributed by atoms with Crippen LogP contribution in [0.2, 0.25) is 0 Å². The molecule has 114 valence electrons. The lowest BCUT2D eigenvalue weighted by molar-refractivity contribution is -0.124. The van der Waals surface area contributed by atoms with Crippen LogP contribution < -0.4 is 11.1 Å². The topological polar surface area (TPSA) is 58.4 Å². The molecule has 2 unspecified atom stereocenters. The molecular formula is C17H25N3O. The SMILES string of the molecule is CC(C)NC1(C(N)=O)CCC(N2Cc3ccccc3C2)C1. The number of nitrogens with one attached hydrogen (secondary N) is 1. The van der Waals surface area contributed by atoms with E-state index in [-0.39, 0.29) is 11.9 Å². The molecule has 1 aromatic carbocycles. The van der Waals surface area contributed by atoms with Crippen LogP contribution in [0.4, 0.5) is 0 Å². The molecule has 0 spiro atoms. The van der Waals surface area contributed by atoms with Gasteiger partial charge < -0.3 is 11.1 Å². The number of fused-ring (bicyclic) bond motifs is 1. The molecule has 0 radical (unpaired) electrons. The summed E-state index contributed by atoms with van der Waals surface area (Å²) in [4.78, 5) is 14.5. The molecule has 21 heavy (non-hydrogen) atoms. The Hall–Kier alpha value is -1.39. The molecule has 1 aliphatic carbocycles. The third-order valence-electron chi connectivity index (χ3n) is 4.91. The molecular weight excluding hydrogens is 262 g/mol. The Morgan fingerprint density at radius 3 is 2.48 bits per heavy atom. The van der Waals surface area contributed by atoms with Crippen molar-refractivity contribution < 1.29 is 4.79 Å². The minimum absolute atomic E-state index is 0.199. The largest absolute Gasteiger partial charge is 0.368 e. The van der Waals surface area contributed by atoms with E-state index < -0.39 is 5.54 Å². The van der Waals surface area contributed by atoms with Gasteiger partial charge in [0.15, 0.2) is 0 Å². The molecule has 2 aliphatic rings. The van der Waals surface area contributed by atoms with Gasteiger partial charge in [0.05, 0.1) is 5.54 Å². The molecule has 1 amide bonds. The van der Waals surface area contributed by atoms with Crippen molar-refractivity contribution in [1.82, 2.24) is 10.2 Å². The zero-order chi connectivity index (χ0) is 15.0. The van der Waals surface area contributed by atoms with Gasteiger partial charge in [-0.2, -0.15) is 0 Å². The Morgan fingerprint density at radius 1 is 1.33 bits per heavy atom. The van der Waals surface area contributed by atoms with Crippen LogP contribution in [0.1, 0.15) is 44.2 Å². The molecule has 0 bridgehead atoms. The van der Waals surface area contributed by atoms with E-state index in [0.717, 1.165) is 32.4 Å². The third-order valence-corrected chi connectivity index (χ3v) is 4.91. The van der Waals surface area contributed by atoms with Crippen molar-refractivity contribution in [2.45, 2.75) is 63.8 Å². The summed E-state index contributed by atoms with van der Waals surface area (Å²) in [6.45, 7) is 6.14. The number of hydrogen-bond acceptors (Lipinski definition) is 3. The maximum absolute atomic E-state index is 12.0.